The van der Waals surface area contributed by atoms with Crippen LogP contribution in [0.4, 0.5) is 0 Å². The van der Waals surface area contributed by atoms with E-state index < -0.39 is 0 Å². The number of carbonyl (C=O) groups excluding carboxylic acids is 1. The fourth-order valence-electron chi connectivity index (χ4n) is 1.99. The van der Waals surface area contributed by atoms with Gasteiger partial charge in [-0.25, -0.2) is 4.98 Å². The maximum atomic E-state index is 12.4. The monoisotopic (exact) mass is 241 g/mol. The Hall–Kier alpha value is -2.16. The molecule has 0 saturated heterocycles. The minimum Gasteiger partial charge on any atom is -0.480 e. The van der Waals surface area contributed by atoms with Gasteiger partial charge in [0.25, 0.3) is 0 Å². The summed E-state index contributed by atoms with van der Waals surface area (Å²) in [4.78, 5) is 16.5. The summed E-state index contributed by atoms with van der Waals surface area (Å²) in [5, 5.41) is 0. The largest absolute Gasteiger partial charge is 0.480 e. The zero-order valence-electron chi connectivity index (χ0n) is 10.7. The normalized spacial score (nSPS) is 10.2. The van der Waals surface area contributed by atoms with Crippen LogP contribution in [0.3, 0.4) is 0 Å². The number of rotatable bonds is 3. The smallest absolute Gasteiger partial charge is 0.224 e. The fourth-order valence-corrected chi connectivity index (χ4v) is 1.99. The Morgan fingerprint density at radius 1 is 1.17 bits per heavy atom. The third-order valence-electron chi connectivity index (χ3n) is 2.69. The molecule has 0 atom stereocenters. The average Bonchev–Trinajstić information content (AvgIpc) is 2.36. The van der Waals surface area contributed by atoms with E-state index in [1.165, 1.54) is 7.11 Å². The molecule has 0 aliphatic heterocycles. The van der Waals surface area contributed by atoms with E-state index in [9.17, 15) is 4.79 Å². The molecule has 0 fully saturated rings. The van der Waals surface area contributed by atoms with E-state index in [1.807, 2.05) is 32.0 Å². The number of aryl methyl sites for hydroxylation is 2. The van der Waals surface area contributed by atoms with Gasteiger partial charge in [0.05, 0.1) is 12.7 Å². The van der Waals surface area contributed by atoms with E-state index in [1.54, 1.807) is 18.3 Å². The van der Waals surface area contributed by atoms with Crippen molar-refractivity contribution >= 4 is 5.78 Å². The molecule has 0 spiro atoms. The molecule has 3 nitrogen and oxygen atoms in total. The van der Waals surface area contributed by atoms with Crippen molar-refractivity contribution in [1.82, 2.24) is 4.98 Å². The van der Waals surface area contributed by atoms with Crippen LogP contribution in [0.25, 0.3) is 0 Å². The molecule has 1 aromatic carbocycles. The maximum Gasteiger partial charge on any atom is 0.224 e. The third kappa shape index (κ3) is 2.40. The number of carbonyl (C=O) groups is 1. The molecule has 0 aliphatic rings. The molecule has 3 heteroatoms. The number of benzene rings is 1. The number of ether oxygens (including phenoxy) is 1. The first-order chi connectivity index (χ1) is 8.61. The lowest BCUT2D eigenvalue weighted by atomic mass is 10.0. The van der Waals surface area contributed by atoms with Crippen molar-refractivity contribution in [3.8, 4) is 5.88 Å². The Balaban J connectivity index is 2.47. The van der Waals surface area contributed by atoms with E-state index in [4.69, 9.17) is 4.74 Å². The fraction of sp³-hybridized carbons (Fsp3) is 0.200. The number of hydrogen-bond acceptors (Lipinski definition) is 3. The van der Waals surface area contributed by atoms with Gasteiger partial charge in [-0.15, -0.1) is 0 Å². The van der Waals surface area contributed by atoms with Gasteiger partial charge < -0.3 is 4.74 Å². The quantitative estimate of drug-likeness (QED) is 0.775. The molecule has 18 heavy (non-hydrogen) atoms. The number of nitrogens with zero attached hydrogens (tertiary/aromatic N) is 1. The Kier molecular flexibility index (Phi) is 3.42. The van der Waals surface area contributed by atoms with Crippen LogP contribution in [0, 0.1) is 13.8 Å². The minimum atomic E-state index is -0.0632. The summed E-state index contributed by atoms with van der Waals surface area (Å²) >= 11 is 0. The highest BCUT2D eigenvalue weighted by molar-refractivity contribution is 6.10. The zero-order valence-corrected chi connectivity index (χ0v) is 10.7. The molecule has 0 radical (unpaired) electrons. The number of aromatic nitrogens is 1. The van der Waals surface area contributed by atoms with E-state index in [0.717, 1.165) is 11.1 Å². The summed E-state index contributed by atoms with van der Waals surface area (Å²) in [6.45, 7) is 3.95. The molecule has 2 aromatic rings. The van der Waals surface area contributed by atoms with Crippen molar-refractivity contribution in [3.63, 3.8) is 0 Å². The highest BCUT2D eigenvalue weighted by Gasteiger charge is 2.15. The molecule has 92 valence electrons. The van der Waals surface area contributed by atoms with Crippen molar-refractivity contribution in [2.45, 2.75) is 13.8 Å². The molecule has 1 aromatic heterocycles. The Labute approximate surface area is 106 Å². The van der Waals surface area contributed by atoms with Crippen LogP contribution in [0.1, 0.15) is 27.0 Å². The summed E-state index contributed by atoms with van der Waals surface area (Å²) in [7, 11) is 1.51. The molecule has 2 rings (SSSR count). The summed E-state index contributed by atoms with van der Waals surface area (Å²) in [5.74, 6) is 0.299. The van der Waals surface area contributed by atoms with Gasteiger partial charge in [-0.2, -0.15) is 0 Å². The average molecular weight is 241 g/mol. The Morgan fingerprint density at radius 2 is 1.83 bits per heavy atom. The van der Waals surface area contributed by atoms with Crippen LogP contribution in [-0.2, 0) is 0 Å². The van der Waals surface area contributed by atoms with Gasteiger partial charge in [-0.1, -0.05) is 17.2 Å². The standard InChI is InChI=1S/C15H15NO2/c1-10-7-11(2)9-12(8-10)14(17)13-5-4-6-16-15(13)18-3/h4-9H,1-3H3. The number of hydrogen-bond donors (Lipinski definition) is 0. The van der Waals surface area contributed by atoms with Crippen LogP contribution in [0.2, 0.25) is 0 Å². The topological polar surface area (TPSA) is 39.2 Å². The second-order valence-electron chi connectivity index (χ2n) is 4.27. The van der Waals surface area contributed by atoms with Crippen molar-refractivity contribution in [2.24, 2.45) is 0 Å². The van der Waals surface area contributed by atoms with Gasteiger partial charge in [0.15, 0.2) is 5.78 Å². The second-order valence-corrected chi connectivity index (χ2v) is 4.27. The van der Waals surface area contributed by atoms with E-state index in [-0.39, 0.29) is 5.78 Å². The minimum absolute atomic E-state index is 0.0632. The molecular formula is C15H15NO2. The van der Waals surface area contributed by atoms with Crippen molar-refractivity contribution in [3.05, 3.63) is 58.8 Å². The highest BCUT2D eigenvalue weighted by atomic mass is 16.5. The molecule has 0 unspecified atom stereocenters. The Bertz CT molecular complexity index is 571. The predicted molar refractivity (Wildman–Crippen MR) is 70.1 cm³/mol. The van der Waals surface area contributed by atoms with Gasteiger partial charge in [0.2, 0.25) is 5.88 Å². The van der Waals surface area contributed by atoms with Crippen LogP contribution < -0.4 is 4.74 Å². The van der Waals surface area contributed by atoms with Crippen molar-refractivity contribution in [1.29, 1.82) is 0 Å². The molecule has 0 amide bonds. The first-order valence-corrected chi connectivity index (χ1v) is 5.74. The molecule has 1 heterocycles. The lowest BCUT2D eigenvalue weighted by Crippen LogP contribution is -2.05. The zero-order chi connectivity index (χ0) is 13.1. The van der Waals surface area contributed by atoms with Gasteiger partial charge in [-0.05, 0) is 38.1 Å². The lowest BCUT2D eigenvalue weighted by Gasteiger charge is -2.07. The first-order valence-electron chi connectivity index (χ1n) is 5.74. The Morgan fingerprint density at radius 3 is 2.44 bits per heavy atom. The van der Waals surface area contributed by atoms with Crippen LogP contribution in [0.15, 0.2) is 36.5 Å². The third-order valence-corrected chi connectivity index (χ3v) is 2.69. The molecule has 0 aliphatic carbocycles. The second kappa shape index (κ2) is 5.00. The van der Waals surface area contributed by atoms with E-state index in [2.05, 4.69) is 4.98 Å². The number of methoxy groups -OCH3 is 1. The van der Waals surface area contributed by atoms with Gasteiger partial charge in [0, 0.05) is 11.8 Å². The van der Waals surface area contributed by atoms with Gasteiger partial charge >= 0.3 is 0 Å². The number of pyridine rings is 1. The SMILES string of the molecule is COc1ncccc1C(=O)c1cc(C)cc(C)c1. The van der Waals surface area contributed by atoms with Crippen LogP contribution >= 0.6 is 0 Å². The van der Waals surface area contributed by atoms with Gasteiger partial charge in [0.1, 0.15) is 0 Å². The van der Waals surface area contributed by atoms with E-state index in [0.29, 0.717) is 17.0 Å². The maximum absolute atomic E-state index is 12.4. The first kappa shape index (κ1) is 12.3. The highest BCUT2D eigenvalue weighted by Crippen LogP contribution is 2.20. The summed E-state index contributed by atoms with van der Waals surface area (Å²) < 4.78 is 5.12. The molecule has 0 bridgehead atoms. The summed E-state index contributed by atoms with van der Waals surface area (Å²) in [5.41, 5.74) is 3.30. The lowest BCUT2D eigenvalue weighted by molar-refractivity contribution is 0.103. The molecule has 0 saturated carbocycles. The summed E-state index contributed by atoms with van der Waals surface area (Å²) in [6.07, 6.45) is 1.61. The van der Waals surface area contributed by atoms with E-state index >= 15 is 0 Å². The van der Waals surface area contributed by atoms with Crippen molar-refractivity contribution < 1.29 is 9.53 Å². The van der Waals surface area contributed by atoms with Crippen LogP contribution in [0.5, 0.6) is 5.88 Å². The van der Waals surface area contributed by atoms with Gasteiger partial charge in [-0.3, -0.25) is 4.79 Å². The van der Waals surface area contributed by atoms with Crippen molar-refractivity contribution in [2.75, 3.05) is 7.11 Å². The van der Waals surface area contributed by atoms with Crippen LogP contribution in [-0.4, -0.2) is 17.9 Å². The summed E-state index contributed by atoms with van der Waals surface area (Å²) in [6, 6.07) is 9.26. The molecular weight excluding hydrogens is 226 g/mol. The number of ketones is 1. The predicted octanol–water partition coefficient (Wildman–Crippen LogP) is 2.94. The molecule has 0 N–H and O–H groups in total.